The summed E-state index contributed by atoms with van der Waals surface area (Å²) in [4.78, 5) is 16.7. The third kappa shape index (κ3) is 4.00. The van der Waals surface area contributed by atoms with Crippen molar-refractivity contribution in [2.45, 2.75) is 13.0 Å². The Morgan fingerprint density at radius 1 is 1.26 bits per heavy atom. The van der Waals surface area contributed by atoms with E-state index in [1.54, 1.807) is 0 Å². The molecule has 0 aliphatic carbocycles. The number of nitrogens with zero attached hydrogens (tertiary/aromatic N) is 2. The molecular formula is C17H27Cl2N3O. The fourth-order valence-electron chi connectivity index (χ4n) is 3.86. The van der Waals surface area contributed by atoms with Crippen molar-refractivity contribution >= 4 is 30.7 Å². The summed E-state index contributed by atoms with van der Waals surface area (Å²) in [6, 6.07) is 8.74. The smallest absolute Gasteiger partial charge is 0.237 e. The number of hydrogen-bond donors (Lipinski definition) is 1. The van der Waals surface area contributed by atoms with Crippen LogP contribution in [-0.4, -0.2) is 56.0 Å². The average Bonchev–Trinajstić information content (AvgIpc) is 2.99. The summed E-state index contributed by atoms with van der Waals surface area (Å²) >= 11 is 0. The Hall–Kier alpha value is -0.810. The first kappa shape index (κ1) is 20.2. The Kier molecular flexibility index (Phi) is 7.33. The van der Waals surface area contributed by atoms with Gasteiger partial charge < -0.3 is 15.1 Å². The van der Waals surface area contributed by atoms with Crippen molar-refractivity contribution in [1.82, 2.24) is 15.1 Å². The standard InChI is InChI=1S/C17H25N3O.2ClH/c1-12-6-4-5-7-14(12)17-15-9-18-8-13(15)10-20(17)16(21)11-19(2)3;;/h4-7,13,15,17-18H,8-11H2,1-3H3;2*1H/t13-,15-,17+;;/m1../s1. The Morgan fingerprint density at radius 3 is 2.61 bits per heavy atom. The minimum atomic E-state index is 0. The molecule has 0 aromatic heterocycles. The molecule has 130 valence electrons. The van der Waals surface area contributed by atoms with Crippen molar-refractivity contribution in [2.75, 3.05) is 40.3 Å². The maximum absolute atomic E-state index is 12.6. The van der Waals surface area contributed by atoms with E-state index < -0.39 is 0 Å². The highest BCUT2D eigenvalue weighted by Crippen LogP contribution is 2.43. The third-order valence-corrected chi connectivity index (χ3v) is 4.84. The first-order valence-corrected chi connectivity index (χ1v) is 7.78. The summed E-state index contributed by atoms with van der Waals surface area (Å²) in [5.41, 5.74) is 2.61. The van der Waals surface area contributed by atoms with E-state index in [0.29, 0.717) is 18.4 Å². The summed E-state index contributed by atoms with van der Waals surface area (Å²) in [6.45, 7) is 5.60. The van der Waals surface area contributed by atoms with Gasteiger partial charge in [0.2, 0.25) is 5.91 Å². The van der Waals surface area contributed by atoms with Gasteiger partial charge in [-0.25, -0.2) is 0 Å². The van der Waals surface area contributed by atoms with E-state index in [9.17, 15) is 4.79 Å². The van der Waals surface area contributed by atoms with Gasteiger partial charge in [0.15, 0.2) is 0 Å². The summed E-state index contributed by atoms with van der Waals surface area (Å²) in [5.74, 6) is 1.40. The van der Waals surface area contributed by atoms with Crippen LogP contribution in [0.1, 0.15) is 17.2 Å². The summed E-state index contributed by atoms with van der Waals surface area (Å²) in [6.07, 6.45) is 0. The summed E-state index contributed by atoms with van der Waals surface area (Å²) < 4.78 is 0. The minimum absolute atomic E-state index is 0. The Bertz CT molecular complexity index is 538. The number of benzene rings is 1. The number of carbonyl (C=O) groups is 1. The molecular weight excluding hydrogens is 333 g/mol. The van der Waals surface area contributed by atoms with Crippen molar-refractivity contribution in [1.29, 1.82) is 0 Å². The molecule has 0 saturated carbocycles. The van der Waals surface area contributed by atoms with Gasteiger partial charge >= 0.3 is 0 Å². The lowest BCUT2D eigenvalue weighted by Gasteiger charge is -2.30. The molecule has 23 heavy (non-hydrogen) atoms. The van der Waals surface area contributed by atoms with Crippen molar-refractivity contribution in [3.05, 3.63) is 35.4 Å². The second-order valence-electron chi connectivity index (χ2n) is 6.67. The van der Waals surface area contributed by atoms with Crippen LogP contribution < -0.4 is 5.32 Å². The van der Waals surface area contributed by atoms with Gasteiger partial charge in [0.1, 0.15) is 0 Å². The van der Waals surface area contributed by atoms with Gasteiger partial charge in [-0.15, -0.1) is 24.8 Å². The second-order valence-corrected chi connectivity index (χ2v) is 6.67. The van der Waals surface area contributed by atoms with Crippen LogP contribution in [0.4, 0.5) is 0 Å². The van der Waals surface area contributed by atoms with Crippen LogP contribution in [0.15, 0.2) is 24.3 Å². The zero-order valence-electron chi connectivity index (χ0n) is 14.0. The van der Waals surface area contributed by atoms with Crippen LogP contribution >= 0.6 is 24.8 Å². The molecule has 2 aliphatic rings. The lowest BCUT2D eigenvalue weighted by Crippen LogP contribution is -2.40. The SMILES string of the molecule is Cc1ccccc1[C@H]1[C@@H]2CNC[C@@H]2CN1C(=O)CN(C)C.Cl.Cl. The molecule has 4 nitrogen and oxygen atoms in total. The number of hydrogen-bond acceptors (Lipinski definition) is 3. The molecule has 1 aromatic carbocycles. The number of aryl methyl sites for hydroxylation is 1. The molecule has 3 rings (SSSR count). The van der Waals surface area contributed by atoms with E-state index in [1.165, 1.54) is 11.1 Å². The van der Waals surface area contributed by atoms with Gasteiger partial charge in [0.05, 0.1) is 12.6 Å². The number of fused-ring (bicyclic) bond motifs is 1. The quantitative estimate of drug-likeness (QED) is 0.897. The topological polar surface area (TPSA) is 35.6 Å². The van der Waals surface area contributed by atoms with Crippen molar-refractivity contribution < 1.29 is 4.79 Å². The zero-order chi connectivity index (χ0) is 15.0. The van der Waals surface area contributed by atoms with Gasteiger partial charge in [-0.2, -0.15) is 0 Å². The van der Waals surface area contributed by atoms with Gasteiger partial charge in [-0.3, -0.25) is 4.79 Å². The van der Waals surface area contributed by atoms with Gasteiger partial charge in [-0.05, 0) is 38.1 Å². The van der Waals surface area contributed by atoms with Crippen molar-refractivity contribution in [3.8, 4) is 0 Å². The molecule has 2 aliphatic heterocycles. The van der Waals surface area contributed by atoms with Gasteiger partial charge in [0.25, 0.3) is 0 Å². The number of rotatable bonds is 3. The highest BCUT2D eigenvalue weighted by atomic mass is 35.5. The second kappa shape index (κ2) is 8.34. The Labute approximate surface area is 151 Å². The Balaban J connectivity index is 0.00000132. The molecule has 0 spiro atoms. The number of nitrogens with one attached hydrogen (secondary N) is 1. The molecule has 1 aromatic rings. The highest BCUT2D eigenvalue weighted by molar-refractivity contribution is 5.85. The van der Waals surface area contributed by atoms with E-state index in [1.807, 2.05) is 19.0 Å². The maximum atomic E-state index is 12.6. The summed E-state index contributed by atoms with van der Waals surface area (Å²) in [5, 5.41) is 3.50. The first-order valence-electron chi connectivity index (χ1n) is 7.78. The predicted molar refractivity (Wildman–Crippen MR) is 98.5 cm³/mol. The molecule has 1 N–H and O–H groups in total. The van der Waals surface area contributed by atoms with E-state index >= 15 is 0 Å². The molecule has 0 bridgehead atoms. The van der Waals surface area contributed by atoms with E-state index in [2.05, 4.69) is 41.4 Å². The molecule has 0 unspecified atom stereocenters. The van der Waals surface area contributed by atoms with Crippen molar-refractivity contribution in [3.63, 3.8) is 0 Å². The number of likely N-dealkylation sites (N-methyl/N-ethyl adjacent to an activating group) is 1. The largest absolute Gasteiger partial charge is 0.334 e. The third-order valence-electron chi connectivity index (χ3n) is 4.84. The lowest BCUT2D eigenvalue weighted by molar-refractivity contribution is -0.133. The minimum Gasteiger partial charge on any atom is -0.334 e. The van der Waals surface area contributed by atoms with Gasteiger partial charge in [-0.1, -0.05) is 24.3 Å². The van der Waals surface area contributed by atoms with Crippen LogP contribution in [0, 0.1) is 18.8 Å². The molecule has 0 radical (unpaired) electrons. The molecule has 6 heteroatoms. The Morgan fingerprint density at radius 2 is 1.96 bits per heavy atom. The maximum Gasteiger partial charge on any atom is 0.237 e. The number of amides is 1. The van der Waals surface area contributed by atoms with E-state index in [-0.39, 0.29) is 36.8 Å². The molecule has 2 saturated heterocycles. The lowest BCUT2D eigenvalue weighted by atomic mass is 9.87. The molecule has 2 fully saturated rings. The first-order chi connectivity index (χ1) is 10.1. The number of halogens is 2. The zero-order valence-corrected chi connectivity index (χ0v) is 15.6. The summed E-state index contributed by atoms with van der Waals surface area (Å²) in [7, 11) is 3.91. The molecule has 2 heterocycles. The van der Waals surface area contributed by atoms with Crippen molar-refractivity contribution in [2.24, 2.45) is 11.8 Å². The van der Waals surface area contributed by atoms with Crippen LogP contribution in [0.2, 0.25) is 0 Å². The van der Waals surface area contributed by atoms with Crippen LogP contribution in [-0.2, 0) is 4.79 Å². The van der Waals surface area contributed by atoms with Crippen LogP contribution in [0.3, 0.4) is 0 Å². The molecule has 3 atom stereocenters. The fourth-order valence-corrected chi connectivity index (χ4v) is 3.86. The normalized spacial score (nSPS) is 25.7. The van der Waals surface area contributed by atoms with Crippen LogP contribution in [0.5, 0.6) is 0 Å². The average molecular weight is 360 g/mol. The fraction of sp³-hybridized carbons (Fsp3) is 0.588. The van der Waals surface area contributed by atoms with Crippen LogP contribution in [0.25, 0.3) is 0 Å². The highest BCUT2D eigenvalue weighted by Gasteiger charge is 2.46. The molecule has 1 amide bonds. The number of carbonyl (C=O) groups excluding carboxylic acids is 1. The predicted octanol–water partition coefficient (Wildman–Crippen LogP) is 2.12. The van der Waals surface area contributed by atoms with E-state index in [4.69, 9.17) is 0 Å². The number of likely N-dealkylation sites (tertiary alicyclic amines) is 1. The monoisotopic (exact) mass is 359 g/mol. The van der Waals surface area contributed by atoms with Gasteiger partial charge in [0, 0.05) is 25.6 Å². The van der Waals surface area contributed by atoms with E-state index in [0.717, 1.165) is 19.6 Å².